The van der Waals surface area contributed by atoms with Crippen molar-refractivity contribution in [1.82, 2.24) is 5.32 Å². The maximum absolute atomic E-state index is 5.17. The fraction of sp³-hybridized carbons (Fsp3) is 0.385. The molecule has 3 heteroatoms. The molecule has 1 unspecified atom stereocenters. The molecule has 0 saturated carbocycles. The van der Waals surface area contributed by atoms with E-state index in [0.29, 0.717) is 0 Å². The summed E-state index contributed by atoms with van der Waals surface area (Å²) in [4.78, 5) is 2.70. The highest BCUT2D eigenvalue weighted by molar-refractivity contribution is 7.12. The van der Waals surface area contributed by atoms with Crippen molar-refractivity contribution >= 4 is 11.3 Å². The number of thiophene rings is 1. The molecule has 2 nitrogen and oxygen atoms in total. The lowest BCUT2D eigenvalue weighted by molar-refractivity contribution is 0.550. The average Bonchev–Trinajstić information content (AvgIpc) is 2.91. The van der Waals surface area contributed by atoms with Gasteiger partial charge >= 0.3 is 0 Å². The predicted molar refractivity (Wildman–Crippen MR) is 67.9 cm³/mol. The highest BCUT2D eigenvalue weighted by Gasteiger charge is 2.15. The van der Waals surface area contributed by atoms with Crippen molar-refractivity contribution in [2.75, 3.05) is 6.54 Å². The maximum Gasteiger partial charge on any atom is 0.0954 e. The number of rotatable bonds is 5. The summed E-state index contributed by atoms with van der Waals surface area (Å²) >= 11 is 1.84. The maximum atomic E-state index is 5.17. The van der Waals surface area contributed by atoms with Crippen LogP contribution in [0.5, 0.6) is 0 Å². The normalized spacial score (nSPS) is 12.9. The molecular formula is C13H17NOS. The van der Waals surface area contributed by atoms with Crippen LogP contribution in [0.4, 0.5) is 0 Å². The second-order valence-corrected chi connectivity index (χ2v) is 5.21. The molecule has 0 aliphatic rings. The molecule has 0 amide bonds. The van der Waals surface area contributed by atoms with E-state index < -0.39 is 0 Å². The molecule has 0 aromatic carbocycles. The van der Waals surface area contributed by atoms with Gasteiger partial charge in [-0.3, -0.25) is 0 Å². The molecule has 86 valence electrons. The third-order valence-electron chi connectivity index (χ3n) is 2.52. The van der Waals surface area contributed by atoms with Gasteiger partial charge in [0.1, 0.15) is 0 Å². The van der Waals surface area contributed by atoms with Crippen LogP contribution < -0.4 is 5.32 Å². The van der Waals surface area contributed by atoms with Crippen LogP contribution in [0, 0.1) is 6.92 Å². The SMILES string of the molecule is CCCNC(c1ccoc1)c1ccc(C)s1. The van der Waals surface area contributed by atoms with Crippen molar-refractivity contribution in [3.63, 3.8) is 0 Å². The van der Waals surface area contributed by atoms with Gasteiger partial charge in [0.05, 0.1) is 18.6 Å². The van der Waals surface area contributed by atoms with Gasteiger partial charge in [0.25, 0.3) is 0 Å². The first-order valence-electron chi connectivity index (χ1n) is 5.63. The molecule has 0 aliphatic heterocycles. The minimum absolute atomic E-state index is 0.275. The van der Waals surface area contributed by atoms with Crippen LogP contribution >= 0.6 is 11.3 Å². The third kappa shape index (κ3) is 2.54. The van der Waals surface area contributed by atoms with E-state index in [1.54, 1.807) is 6.26 Å². The van der Waals surface area contributed by atoms with E-state index in [9.17, 15) is 0 Å². The van der Waals surface area contributed by atoms with Crippen molar-refractivity contribution in [1.29, 1.82) is 0 Å². The molecule has 16 heavy (non-hydrogen) atoms. The largest absolute Gasteiger partial charge is 0.472 e. The van der Waals surface area contributed by atoms with Crippen LogP contribution in [0.3, 0.4) is 0 Å². The van der Waals surface area contributed by atoms with Crippen LogP contribution in [0.25, 0.3) is 0 Å². The Balaban J connectivity index is 2.21. The zero-order valence-corrected chi connectivity index (χ0v) is 10.5. The van der Waals surface area contributed by atoms with Gasteiger partial charge in [0, 0.05) is 15.3 Å². The Hall–Kier alpha value is -1.06. The Bertz CT molecular complexity index is 419. The lowest BCUT2D eigenvalue weighted by atomic mass is 10.1. The van der Waals surface area contributed by atoms with Gasteiger partial charge in [-0.1, -0.05) is 6.92 Å². The summed E-state index contributed by atoms with van der Waals surface area (Å²) in [5, 5.41) is 3.55. The van der Waals surface area contributed by atoms with Crippen LogP contribution in [-0.4, -0.2) is 6.54 Å². The smallest absolute Gasteiger partial charge is 0.0954 e. The average molecular weight is 235 g/mol. The van der Waals surface area contributed by atoms with Crippen molar-refractivity contribution < 1.29 is 4.42 Å². The summed E-state index contributed by atoms with van der Waals surface area (Å²) in [5.74, 6) is 0. The molecular weight excluding hydrogens is 218 g/mol. The summed E-state index contributed by atoms with van der Waals surface area (Å²) in [5.41, 5.74) is 1.20. The highest BCUT2D eigenvalue weighted by atomic mass is 32.1. The van der Waals surface area contributed by atoms with Crippen molar-refractivity contribution in [3.8, 4) is 0 Å². The summed E-state index contributed by atoms with van der Waals surface area (Å²) in [6.07, 6.45) is 4.69. The Morgan fingerprint density at radius 2 is 2.25 bits per heavy atom. The number of hydrogen-bond acceptors (Lipinski definition) is 3. The molecule has 0 spiro atoms. The highest BCUT2D eigenvalue weighted by Crippen LogP contribution is 2.28. The molecule has 2 rings (SSSR count). The topological polar surface area (TPSA) is 25.2 Å². The molecule has 2 aromatic heterocycles. The van der Waals surface area contributed by atoms with Crippen molar-refractivity contribution in [3.05, 3.63) is 46.0 Å². The molecule has 0 radical (unpaired) electrons. The fourth-order valence-electron chi connectivity index (χ4n) is 1.72. The van der Waals surface area contributed by atoms with Crippen LogP contribution in [0.1, 0.15) is 34.7 Å². The number of hydrogen-bond donors (Lipinski definition) is 1. The first kappa shape index (κ1) is 11.4. The fourth-order valence-corrected chi connectivity index (χ4v) is 2.70. The lowest BCUT2D eigenvalue weighted by Gasteiger charge is -2.15. The first-order chi connectivity index (χ1) is 7.81. The third-order valence-corrected chi connectivity index (χ3v) is 3.59. The monoisotopic (exact) mass is 235 g/mol. The van der Waals surface area contributed by atoms with E-state index in [2.05, 4.69) is 31.3 Å². The van der Waals surface area contributed by atoms with E-state index >= 15 is 0 Å². The number of aryl methyl sites for hydroxylation is 1. The summed E-state index contributed by atoms with van der Waals surface area (Å²) in [6.45, 7) is 5.34. The summed E-state index contributed by atoms with van der Waals surface area (Å²) in [6, 6.07) is 6.67. The quantitative estimate of drug-likeness (QED) is 0.854. The van der Waals surface area contributed by atoms with Gasteiger partial charge in [-0.15, -0.1) is 11.3 Å². The van der Waals surface area contributed by atoms with Crippen LogP contribution in [0.15, 0.2) is 35.1 Å². The molecule has 0 aliphatic carbocycles. The zero-order valence-electron chi connectivity index (χ0n) is 9.69. The van der Waals surface area contributed by atoms with Crippen molar-refractivity contribution in [2.24, 2.45) is 0 Å². The Morgan fingerprint density at radius 1 is 1.38 bits per heavy atom. The minimum Gasteiger partial charge on any atom is -0.472 e. The summed E-state index contributed by atoms with van der Waals surface area (Å²) in [7, 11) is 0. The second-order valence-electron chi connectivity index (χ2n) is 3.89. The molecule has 0 fully saturated rings. The van der Waals surface area contributed by atoms with E-state index in [1.165, 1.54) is 15.3 Å². The molecule has 0 saturated heterocycles. The molecule has 0 bridgehead atoms. The van der Waals surface area contributed by atoms with E-state index in [1.807, 2.05) is 23.7 Å². The molecule has 2 aromatic rings. The lowest BCUT2D eigenvalue weighted by Crippen LogP contribution is -2.21. The van der Waals surface area contributed by atoms with Crippen LogP contribution in [0.2, 0.25) is 0 Å². The Kier molecular flexibility index (Phi) is 3.80. The molecule has 1 atom stereocenters. The predicted octanol–water partition coefficient (Wildman–Crippen LogP) is 3.74. The summed E-state index contributed by atoms with van der Waals surface area (Å²) < 4.78 is 5.17. The van der Waals surface area contributed by atoms with Gasteiger partial charge in [0.2, 0.25) is 0 Å². The Labute approximate surface area is 100 Å². The molecule has 1 N–H and O–H groups in total. The zero-order chi connectivity index (χ0) is 11.4. The standard InChI is InChI=1S/C13H17NOS/c1-3-7-14-13(11-6-8-15-9-11)12-5-4-10(2)16-12/h4-6,8-9,13-14H,3,7H2,1-2H3. The number of nitrogens with one attached hydrogen (secondary N) is 1. The second kappa shape index (κ2) is 5.32. The number of furan rings is 1. The Morgan fingerprint density at radius 3 is 2.81 bits per heavy atom. The minimum atomic E-state index is 0.275. The van der Waals surface area contributed by atoms with E-state index in [4.69, 9.17) is 4.42 Å². The van der Waals surface area contributed by atoms with Gasteiger partial charge in [-0.25, -0.2) is 0 Å². The van der Waals surface area contributed by atoms with Crippen LogP contribution in [-0.2, 0) is 0 Å². The van der Waals surface area contributed by atoms with Gasteiger partial charge in [0.15, 0.2) is 0 Å². The van der Waals surface area contributed by atoms with Crippen molar-refractivity contribution in [2.45, 2.75) is 26.3 Å². The van der Waals surface area contributed by atoms with Gasteiger partial charge in [-0.05, 0) is 38.1 Å². The first-order valence-corrected chi connectivity index (χ1v) is 6.44. The van der Waals surface area contributed by atoms with E-state index in [0.717, 1.165) is 13.0 Å². The molecule has 2 heterocycles. The van der Waals surface area contributed by atoms with Gasteiger partial charge < -0.3 is 9.73 Å². The van der Waals surface area contributed by atoms with Gasteiger partial charge in [-0.2, -0.15) is 0 Å². The van der Waals surface area contributed by atoms with E-state index in [-0.39, 0.29) is 6.04 Å².